The van der Waals surface area contributed by atoms with Crippen molar-refractivity contribution in [1.82, 2.24) is 0 Å². The lowest BCUT2D eigenvalue weighted by Crippen LogP contribution is -2.16. The summed E-state index contributed by atoms with van der Waals surface area (Å²) in [4.78, 5) is 39.0. The molecule has 2 aromatic carbocycles. The number of benzene rings is 2. The highest BCUT2D eigenvalue weighted by molar-refractivity contribution is 8.00. The van der Waals surface area contributed by atoms with Gasteiger partial charge in [0.2, 0.25) is 5.91 Å². The fourth-order valence-corrected chi connectivity index (χ4v) is 5.62. The van der Waals surface area contributed by atoms with Crippen LogP contribution < -0.4 is 10.6 Å². The van der Waals surface area contributed by atoms with Gasteiger partial charge in [-0.3, -0.25) is 9.59 Å². The largest absolute Gasteiger partial charge is 0.465 e. The zero-order chi connectivity index (χ0) is 24.8. The third-order valence-corrected chi connectivity index (χ3v) is 7.76. The average Bonchev–Trinajstić information content (AvgIpc) is 3.54. The first-order chi connectivity index (χ1) is 16.9. The molecule has 0 aliphatic carbocycles. The van der Waals surface area contributed by atoms with E-state index >= 15 is 0 Å². The number of nitrogens with one attached hydrogen (secondary N) is 2. The second-order valence-electron chi connectivity index (χ2n) is 7.51. The first kappa shape index (κ1) is 24.7. The van der Waals surface area contributed by atoms with Gasteiger partial charge >= 0.3 is 5.97 Å². The van der Waals surface area contributed by atoms with Gasteiger partial charge in [-0.1, -0.05) is 42.0 Å². The van der Waals surface area contributed by atoms with Crippen molar-refractivity contribution in [3.63, 3.8) is 0 Å². The van der Waals surface area contributed by atoms with E-state index in [0.717, 1.165) is 21.6 Å². The normalized spacial score (nSPS) is 10.6. The molecule has 0 bridgehead atoms. The molecule has 0 unspecified atom stereocenters. The summed E-state index contributed by atoms with van der Waals surface area (Å²) in [6, 6.07) is 18.7. The van der Waals surface area contributed by atoms with Crippen LogP contribution in [0.25, 0.3) is 11.1 Å². The number of esters is 1. The van der Waals surface area contributed by atoms with Crippen molar-refractivity contribution < 1.29 is 19.1 Å². The summed E-state index contributed by atoms with van der Waals surface area (Å²) in [7, 11) is 1.32. The molecular weight excluding hydrogens is 500 g/mol. The standard InChI is InChI=1S/C26H22N2O4S3/c1-16-8-10-17(11-9-16)20-14-35-25(23(20)26(31)32-2)28-22(29)15-34-19-6-3-5-18(13-19)27-24(30)21-7-4-12-33-21/h3-14H,15H2,1-2H3,(H,27,30)(H,28,29). The van der Waals surface area contributed by atoms with Crippen LogP contribution in [-0.4, -0.2) is 30.6 Å². The molecule has 0 atom stereocenters. The van der Waals surface area contributed by atoms with Crippen molar-refractivity contribution in [2.75, 3.05) is 23.5 Å². The first-order valence-electron chi connectivity index (χ1n) is 10.6. The third kappa shape index (κ3) is 6.19. The van der Waals surface area contributed by atoms with Crippen molar-refractivity contribution in [2.24, 2.45) is 0 Å². The Morgan fingerprint density at radius 3 is 2.49 bits per heavy atom. The first-order valence-corrected chi connectivity index (χ1v) is 13.3. The highest BCUT2D eigenvalue weighted by Gasteiger charge is 2.22. The number of anilines is 2. The van der Waals surface area contributed by atoms with Crippen molar-refractivity contribution in [2.45, 2.75) is 11.8 Å². The Labute approximate surface area is 215 Å². The van der Waals surface area contributed by atoms with Gasteiger partial charge in [-0.25, -0.2) is 4.79 Å². The van der Waals surface area contributed by atoms with E-state index < -0.39 is 5.97 Å². The summed E-state index contributed by atoms with van der Waals surface area (Å²) in [5.41, 5.74) is 3.72. The molecule has 0 radical (unpaired) electrons. The molecule has 0 aliphatic rings. The van der Waals surface area contributed by atoms with E-state index in [1.54, 1.807) is 12.1 Å². The lowest BCUT2D eigenvalue weighted by Gasteiger charge is -2.09. The number of aryl methyl sites for hydroxylation is 1. The van der Waals surface area contributed by atoms with Crippen LogP contribution in [0, 0.1) is 6.92 Å². The number of carbonyl (C=O) groups excluding carboxylic acids is 3. The van der Waals surface area contributed by atoms with Crippen LogP contribution in [0.4, 0.5) is 10.7 Å². The summed E-state index contributed by atoms with van der Waals surface area (Å²) < 4.78 is 4.98. The molecule has 0 saturated carbocycles. The van der Waals surface area contributed by atoms with Crippen molar-refractivity contribution in [3.8, 4) is 11.1 Å². The molecule has 2 heterocycles. The minimum Gasteiger partial charge on any atom is -0.465 e. The Morgan fingerprint density at radius 2 is 1.77 bits per heavy atom. The molecule has 2 N–H and O–H groups in total. The lowest BCUT2D eigenvalue weighted by atomic mass is 10.0. The molecule has 0 spiro atoms. The Morgan fingerprint density at radius 1 is 0.971 bits per heavy atom. The number of thiophene rings is 2. The fourth-order valence-electron chi connectivity index (χ4n) is 3.28. The molecule has 4 rings (SSSR count). The van der Waals surface area contributed by atoms with Crippen LogP contribution in [0.1, 0.15) is 25.6 Å². The van der Waals surface area contributed by atoms with Gasteiger partial charge in [0.25, 0.3) is 5.91 Å². The molecule has 6 nitrogen and oxygen atoms in total. The Hall–Kier alpha value is -3.40. The number of thioether (sulfide) groups is 1. The number of hydrogen-bond acceptors (Lipinski definition) is 7. The number of rotatable bonds is 8. The topological polar surface area (TPSA) is 84.5 Å². The maximum atomic E-state index is 12.7. The van der Waals surface area contributed by atoms with Crippen LogP contribution in [0.2, 0.25) is 0 Å². The molecular formula is C26H22N2O4S3. The van der Waals surface area contributed by atoms with Gasteiger partial charge in [0, 0.05) is 21.5 Å². The average molecular weight is 523 g/mol. The summed E-state index contributed by atoms with van der Waals surface area (Å²) in [5.74, 6) is -0.775. The zero-order valence-electron chi connectivity index (χ0n) is 19.0. The van der Waals surface area contributed by atoms with E-state index in [0.29, 0.717) is 21.1 Å². The van der Waals surface area contributed by atoms with E-state index in [1.165, 1.54) is 41.5 Å². The Kier molecular flexibility index (Phi) is 8.02. The van der Waals surface area contributed by atoms with Gasteiger partial charge in [0.15, 0.2) is 0 Å². The summed E-state index contributed by atoms with van der Waals surface area (Å²) in [5, 5.41) is 9.87. The molecule has 0 fully saturated rings. The van der Waals surface area contributed by atoms with Crippen LogP contribution in [0.5, 0.6) is 0 Å². The minimum atomic E-state index is -0.501. The van der Waals surface area contributed by atoms with Crippen LogP contribution >= 0.6 is 34.4 Å². The van der Waals surface area contributed by atoms with E-state index in [2.05, 4.69) is 10.6 Å². The van der Waals surface area contributed by atoms with Gasteiger partial charge in [0.1, 0.15) is 10.6 Å². The molecule has 2 amide bonds. The van der Waals surface area contributed by atoms with Crippen LogP contribution in [0.15, 0.2) is 76.3 Å². The number of hydrogen-bond donors (Lipinski definition) is 2. The summed E-state index contributed by atoms with van der Waals surface area (Å²) >= 11 is 4.00. The fraction of sp³-hybridized carbons (Fsp3) is 0.115. The van der Waals surface area contributed by atoms with Crippen molar-refractivity contribution in [3.05, 3.63) is 87.4 Å². The molecule has 0 aliphatic heterocycles. The molecule has 4 aromatic rings. The number of ether oxygens (including phenoxy) is 1. The van der Waals surface area contributed by atoms with Gasteiger partial charge in [-0.15, -0.1) is 34.4 Å². The van der Waals surface area contributed by atoms with Crippen LogP contribution in [0.3, 0.4) is 0 Å². The summed E-state index contributed by atoms with van der Waals surface area (Å²) in [6.45, 7) is 2.00. The number of amides is 2. The van der Waals surface area contributed by atoms with E-state index in [4.69, 9.17) is 4.74 Å². The second kappa shape index (κ2) is 11.4. The Bertz CT molecular complexity index is 1350. The summed E-state index contributed by atoms with van der Waals surface area (Å²) in [6.07, 6.45) is 0. The zero-order valence-corrected chi connectivity index (χ0v) is 21.4. The van der Waals surface area contributed by atoms with Gasteiger partial charge in [0.05, 0.1) is 17.7 Å². The maximum absolute atomic E-state index is 12.7. The highest BCUT2D eigenvalue weighted by Crippen LogP contribution is 2.36. The van der Waals surface area contributed by atoms with Crippen molar-refractivity contribution in [1.29, 1.82) is 0 Å². The quantitative estimate of drug-likeness (QED) is 0.202. The molecule has 35 heavy (non-hydrogen) atoms. The van der Waals surface area contributed by atoms with Crippen molar-refractivity contribution >= 4 is 62.9 Å². The predicted octanol–water partition coefficient (Wildman–Crippen LogP) is 6.55. The second-order valence-corrected chi connectivity index (χ2v) is 10.4. The van der Waals surface area contributed by atoms with Crippen LogP contribution in [-0.2, 0) is 9.53 Å². The van der Waals surface area contributed by atoms with Gasteiger partial charge < -0.3 is 15.4 Å². The molecule has 0 saturated heterocycles. The SMILES string of the molecule is COC(=O)c1c(-c2ccc(C)cc2)csc1NC(=O)CSc1cccc(NC(=O)c2cccs2)c1. The lowest BCUT2D eigenvalue weighted by molar-refractivity contribution is -0.113. The number of methoxy groups -OCH3 is 1. The van der Waals surface area contributed by atoms with E-state index in [-0.39, 0.29) is 17.6 Å². The van der Waals surface area contributed by atoms with E-state index in [9.17, 15) is 14.4 Å². The molecule has 178 valence electrons. The van der Waals surface area contributed by atoms with Gasteiger partial charge in [-0.2, -0.15) is 0 Å². The Balaban J connectivity index is 1.42. The van der Waals surface area contributed by atoms with E-state index in [1.807, 2.05) is 66.2 Å². The minimum absolute atomic E-state index is 0.140. The monoisotopic (exact) mass is 522 g/mol. The third-order valence-electron chi connectivity index (χ3n) is 5.00. The predicted molar refractivity (Wildman–Crippen MR) is 144 cm³/mol. The highest BCUT2D eigenvalue weighted by atomic mass is 32.2. The molecule has 2 aromatic heterocycles. The molecule has 9 heteroatoms. The number of carbonyl (C=O) groups is 3. The van der Waals surface area contributed by atoms with Gasteiger partial charge in [-0.05, 0) is 42.1 Å². The smallest absolute Gasteiger partial charge is 0.341 e. The maximum Gasteiger partial charge on any atom is 0.341 e.